The molecule has 2 fully saturated rings. The summed E-state index contributed by atoms with van der Waals surface area (Å²) in [6, 6.07) is 0.555. The van der Waals surface area contributed by atoms with Gasteiger partial charge in [-0.05, 0) is 31.6 Å². The van der Waals surface area contributed by atoms with Gasteiger partial charge < -0.3 is 10.0 Å². The Labute approximate surface area is 108 Å². The standard InChI is InChI=1S/C14H23NO3/c1-14(2,3)13(18)15-10-4-5-11(15)7-9(6-10)8-12(16)17/h9-11H,4-8H2,1-3H3,(H,16,17). The van der Waals surface area contributed by atoms with Gasteiger partial charge in [0.2, 0.25) is 5.91 Å². The van der Waals surface area contributed by atoms with Gasteiger partial charge in [-0.15, -0.1) is 0 Å². The van der Waals surface area contributed by atoms with E-state index < -0.39 is 5.97 Å². The zero-order valence-electron chi connectivity index (χ0n) is 11.5. The summed E-state index contributed by atoms with van der Waals surface area (Å²) < 4.78 is 0. The smallest absolute Gasteiger partial charge is 0.303 e. The van der Waals surface area contributed by atoms with Crippen molar-refractivity contribution >= 4 is 11.9 Å². The Kier molecular flexibility index (Phi) is 3.39. The van der Waals surface area contributed by atoms with Crippen molar-refractivity contribution in [3.63, 3.8) is 0 Å². The van der Waals surface area contributed by atoms with Gasteiger partial charge in [-0.1, -0.05) is 20.8 Å². The van der Waals surface area contributed by atoms with Gasteiger partial charge in [0.05, 0.1) is 0 Å². The maximum absolute atomic E-state index is 12.4. The molecule has 18 heavy (non-hydrogen) atoms. The first-order valence-corrected chi connectivity index (χ1v) is 6.83. The summed E-state index contributed by atoms with van der Waals surface area (Å²) in [5.41, 5.74) is -0.333. The number of hydrogen-bond acceptors (Lipinski definition) is 2. The second kappa shape index (κ2) is 4.56. The SMILES string of the molecule is CC(C)(C)C(=O)N1C2CCC1CC(CC(=O)O)C2. The molecule has 0 radical (unpaired) electrons. The molecule has 0 aromatic carbocycles. The molecule has 2 heterocycles. The van der Waals surface area contributed by atoms with E-state index in [2.05, 4.69) is 4.90 Å². The van der Waals surface area contributed by atoms with Gasteiger partial charge in [0.1, 0.15) is 0 Å². The highest BCUT2D eigenvalue weighted by Gasteiger charge is 2.45. The van der Waals surface area contributed by atoms with E-state index in [9.17, 15) is 9.59 Å². The van der Waals surface area contributed by atoms with Crippen molar-refractivity contribution in [1.82, 2.24) is 4.90 Å². The molecule has 2 aliphatic heterocycles. The van der Waals surface area contributed by atoms with Crippen molar-refractivity contribution in [2.24, 2.45) is 11.3 Å². The third-order valence-electron chi connectivity index (χ3n) is 4.17. The van der Waals surface area contributed by atoms with E-state index in [0.717, 1.165) is 25.7 Å². The summed E-state index contributed by atoms with van der Waals surface area (Å²) >= 11 is 0. The number of carbonyl (C=O) groups is 2. The third-order valence-corrected chi connectivity index (χ3v) is 4.17. The number of carbonyl (C=O) groups excluding carboxylic acids is 1. The van der Waals surface area contributed by atoms with E-state index in [4.69, 9.17) is 5.11 Å². The second-order valence-corrected chi connectivity index (χ2v) is 6.78. The van der Waals surface area contributed by atoms with Crippen LogP contribution in [-0.2, 0) is 9.59 Å². The van der Waals surface area contributed by atoms with Crippen molar-refractivity contribution in [2.75, 3.05) is 0 Å². The van der Waals surface area contributed by atoms with Crippen LogP contribution in [0, 0.1) is 11.3 Å². The molecular formula is C14H23NO3. The number of rotatable bonds is 2. The minimum absolute atomic E-state index is 0.226. The van der Waals surface area contributed by atoms with E-state index in [1.165, 1.54) is 0 Å². The summed E-state index contributed by atoms with van der Waals surface area (Å²) in [5, 5.41) is 8.88. The van der Waals surface area contributed by atoms with E-state index >= 15 is 0 Å². The van der Waals surface area contributed by atoms with Crippen LogP contribution in [0.4, 0.5) is 0 Å². The molecular weight excluding hydrogens is 230 g/mol. The Morgan fingerprint density at radius 2 is 1.67 bits per heavy atom. The molecule has 4 heteroatoms. The molecule has 0 saturated carbocycles. The van der Waals surface area contributed by atoms with Crippen LogP contribution in [0.3, 0.4) is 0 Å². The largest absolute Gasteiger partial charge is 0.481 e. The van der Waals surface area contributed by atoms with Gasteiger partial charge in [-0.25, -0.2) is 0 Å². The molecule has 0 spiro atoms. The molecule has 2 bridgehead atoms. The highest BCUT2D eigenvalue weighted by atomic mass is 16.4. The average molecular weight is 253 g/mol. The Balaban J connectivity index is 2.06. The maximum Gasteiger partial charge on any atom is 0.303 e. The predicted octanol–water partition coefficient (Wildman–Crippen LogP) is 2.28. The monoisotopic (exact) mass is 253 g/mol. The number of fused-ring (bicyclic) bond motifs is 2. The van der Waals surface area contributed by atoms with Crippen LogP contribution >= 0.6 is 0 Å². The highest BCUT2D eigenvalue weighted by Crippen LogP contribution is 2.41. The van der Waals surface area contributed by atoms with Crippen molar-refractivity contribution in [2.45, 2.75) is 65.0 Å². The predicted molar refractivity (Wildman–Crippen MR) is 68.1 cm³/mol. The molecule has 2 aliphatic rings. The topological polar surface area (TPSA) is 57.6 Å². The minimum atomic E-state index is -0.713. The van der Waals surface area contributed by atoms with Gasteiger partial charge in [0.25, 0.3) is 0 Å². The maximum atomic E-state index is 12.4. The van der Waals surface area contributed by atoms with Gasteiger partial charge in [-0.2, -0.15) is 0 Å². The molecule has 0 aromatic rings. The highest BCUT2D eigenvalue weighted by molar-refractivity contribution is 5.82. The van der Waals surface area contributed by atoms with Crippen LogP contribution in [-0.4, -0.2) is 34.0 Å². The number of carboxylic acid groups (broad SMARTS) is 1. The molecule has 0 aromatic heterocycles. The molecule has 4 nitrogen and oxygen atoms in total. The molecule has 0 aliphatic carbocycles. The molecule has 1 amide bonds. The van der Waals surface area contributed by atoms with Crippen LogP contribution < -0.4 is 0 Å². The first-order valence-electron chi connectivity index (χ1n) is 6.83. The fourth-order valence-electron chi connectivity index (χ4n) is 3.42. The number of nitrogens with zero attached hydrogens (tertiary/aromatic N) is 1. The van der Waals surface area contributed by atoms with Gasteiger partial charge in [-0.3, -0.25) is 9.59 Å². The number of aliphatic carboxylic acids is 1. The molecule has 2 saturated heterocycles. The van der Waals surface area contributed by atoms with E-state index in [1.807, 2.05) is 20.8 Å². The van der Waals surface area contributed by atoms with Crippen LogP contribution in [0.1, 0.15) is 52.9 Å². The zero-order chi connectivity index (χ0) is 13.5. The lowest BCUT2D eigenvalue weighted by atomic mass is 9.85. The van der Waals surface area contributed by atoms with Crippen molar-refractivity contribution in [1.29, 1.82) is 0 Å². The summed E-state index contributed by atoms with van der Waals surface area (Å²) in [6.07, 6.45) is 4.07. The Morgan fingerprint density at radius 1 is 1.17 bits per heavy atom. The molecule has 2 rings (SSSR count). The summed E-state index contributed by atoms with van der Waals surface area (Å²) in [4.78, 5) is 25.3. The fourth-order valence-corrected chi connectivity index (χ4v) is 3.42. The van der Waals surface area contributed by atoms with Gasteiger partial charge in [0, 0.05) is 23.9 Å². The van der Waals surface area contributed by atoms with Crippen molar-refractivity contribution in [3.8, 4) is 0 Å². The Morgan fingerprint density at radius 3 is 2.06 bits per heavy atom. The summed E-state index contributed by atoms with van der Waals surface area (Å²) in [7, 11) is 0. The van der Waals surface area contributed by atoms with E-state index in [-0.39, 0.29) is 35.7 Å². The first kappa shape index (κ1) is 13.4. The number of carboxylic acids is 1. The van der Waals surface area contributed by atoms with Crippen LogP contribution in [0.2, 0.25) is 0 Å². The summed E-state index contributed by atoms with van der Waals surface area (Å²) in [6.45, 7) is 5.87. The first-order chi connectivity index (χ1) is 8.29. The quantitative estimate of drug-likeness (QED) is 0.821. The normalized spacial score (nSPS) is 31.5. The lowest BCUT2D eigenvalue weighted by molar-refractivity contribution is -0.145. The summed E-state index contributed by atoms with van der Waals surface area (Å²) in [5.74, 6) is -0.234. The van der Waals surface area contributed by atoms with E-state index in [1.54, 1.807) is 0 Å². The van der Waals surface area contributed by atoms with Crippen LogP contribution in [0.25, 0.3) is 0 Å². The van der Waals surface area contributed by atoms with Gasteiger partial charge >= 0.3 is 5.97 Å². The number of hydrogen-bond donors (Lipinski definition) is 1. The van der Waals surface area contributed by atoms with Crippen LogP contribution in [0.15, 0.2) is 0 Å². The fraction of sp³-hybridized carbons (Fsp3) is 0.857. The third kappa shape index (κ3) is 2.52. The Hall–Kier alpha value is -1.06. The van der Waals surface area contributed by atoms with E-state index in [0.29, 0.717) is 0 Å². The molecule has 102 valence electrons. The lowest BCUT2D eigenvalue weighted by Gasteiger charge is -2.41. The minimum Gasteiger partial charge on any atom is -0.481 e. The molecule has 2 atom stereocenters. The number of amides is 1. The number of piperidine rings is 1. The van der Waals surface area contributed by atoms with Gasteiger partial charge in [0.15, 0.2) is 0 Å². The average Bonchev–Trinajstić information content (AvgIpc) is 2.47. The molecule has 2 unspecified atom stereocenters. The van der Waals surface area contributed by atoms with Crippen LogP contribution in [0.5, 0.6) is 0 Å². The zero-order valence-corrected chi connectivity index (χ0v) is 11.5. The lowest BCUT2D eigenvalue weighted by Crippen LogP contribution is -2.50. The molecule has 1 N–H and O–H groups in total. The van der Waals surface area contributed by atoms with Crippen molar-refractivity contribution in [3.05, 3.63) is 0 Å². The second-order valence-electron chi connectivity index (χ2n) is 6.78. The Bertz CT molecular complexity index is 345. The van der Waals surface area contributed by atoms with Crippen molar-refractivity contribution < 1.29 is 14.7 Å².